The standard InChI is InChI=1S/C24H24N2O5/c1-4-29-22-8-5-7-16-19-14-18(21-9-6-12-30-21)25-26(19)24(31-23(16)22)17-13-15(27-2)10-11-20(17)28-3/h5-13,19,24H,4,14H2,1-3H3/t19-,24+/m1/s1. The fourth-order valence-corrected chi connectivity index (χ4v) is 4.18. The van der Waals surface area contributed by atoms with Crippen LogP contribution >= 0.6 is 0 Å². The van der Waals surface area contributed by atoms with E-state index in [4.69, 9.17) is 28.5 Å². The van der Waals surface area contributed by atoms with Crippen LogP contribution in [0.15, 0.2) is 64.3 Å². The van der Waals surface area contributed by atoms with Crippen molar-refractivity contribution in [3.8, 4) is 23.0 Å². The molecule has 160 valence electrons. The van der Waals surface area contributed by atoms with Crippen molar-refractivity contribution in [2.45, 2.75) is 25.6 Å². The van der Waals surface area contributed by atoms with E-state index in [1.807, 2.05) is 54.4 Å². The lowest BCUT2D eigenvalue weighted by atomic mass is 9.97. The molecule has 1 aromatic heterocycles. The molecule has 0 amide bonds. The monoisotopic (exact) mass is 420 g/mol. The minimum atomic E-state index is -0.517. The lowest BCUT2D eigenvalue weighted by Crippen LogP contribution is -2.34. The number of methoxy groups -OCH3 is 2. The van der Waals surface area contributed by atoms with Crippen molar-refractivity contribution in [1.29, 1.82) is 0 Å². The van der Waals surface area contributed by atoms with Crippen LogP contribution in [-0.2, 0) is 0 Å². The Kier molecular flexibility index (Phi) is 4.94. The summed E-state index contributed by atoms with van der Waals surface area (Å²) in [4.78, 5) is 0. The number of benzene rings is 2. The molecule has 0 fully saturated rings. The van der Waals surface area contributed by atoms with Crippen LogP contribution in [-0.4, -0.2) is 31.5 Å². The first-order valence-electron chi connectivity index (χ1n) is 10.3. The predicted octanol–water partition coefficient (Wildman–Crippen LogP) is 4.94. The smallest absolute Gasteiger partial charge is 0.217 e. The molecule has 5 rings (SSSR count). The van der Waals surface area contributed by atoms with Crippen molar-refractivity contribution in [1.82, 2.24) is 5.01 Å². The third kappa shape index (κ3) is 3.26. The van der Waals surface area contributed by atoms with E-state index >= 15 is 0 Å². The zero-order valence-corrected chi connectivity index (χ0v) is 17.7. The second kappa shape index (κ2) is 7.91. The molecule has 0 spiro atoms. The minimum absolute atomic E-state index is 0.0230. The van der Waals surface area contributed by atoms with E-state index in [-0.39, 0.29) is 6.04 Å². The van der Waals surface area contributed by atoms with Crippen LogP contribution < -0.4 is 18.9 Å². The average molecular weight is 420 g/mol. The summed E-state index contributed by atoms with van der Waals surface area (Å²) in [6.45, 7) is 2.51. The highest BCUT2D eigenvalue weighted by atomic mass is 16.5. The van der Waals surface area contributed by atoms with Gasteiger partial charge < -0.3 is 23.4 Å². The van der Waals surface area contributed by atoms with Crippen molar-refractivity contribution in [3.63, 3.8) is 0 Å². The third-order valence-electron chi connectivity index (χ3n) is 5.59. The normalized spacial score (nSPS) is 19.2. The van der Waals surface area contributed by atoms with Crippen molar-refractivity contribution >= 4 is 5.71 Å². The van der Waals surface area contributed by atoms with Crippen LogP contribution in [0.1, 0.15) is 42.5 Å². The molecule has 2 aliphatic rings. The molecule has 0 saturated heterocycles. The van der Waals surface area contributed by atoms with E-state index in [1.54, 1.807) is 20.5 Å². The molecule has 31 heavy (non-hydrogen) atoms. The van der Waals surface area contributed by atoms with Gasteiger partial charge in [-0.15, -0.1) is 0 Å². The van der Waals surface area contributed by atoms with E-state index in [0.29, 0.717) is 24.5 Å². The van der Waals surface area contributed by atoms with Gasteiger partial charge in [0, 0.05) is 12.0 Å². The fourth-order valence-electron chi connectivity index (χ4n) is 4.18. The summed E-state index contributed by atoms with van der Waals surface area (Å²) in [7, 11) is 3.29. The van der Waals surface area contributed by atoms with Crippen molar-refractivity contribution in [2.75, 3.05) is 20.8 Å². The highest BCUT2D eigenvalue weighted by Gasteiger charge is 2.43. The van der Waals surface area contributed by atoms with Gasteiger partial charge in [0.25, 0.3) is 0 Å². The first-order valence-corrected chi connectivity index (χ1v) is 10.3. The number of nitrogens with zero attached hydrogens (tertiary/aromatic N) is 2. The average Bonchev–Trinajstić information content (AvgIpc) is 3.49. The van der Waals surface area contributed by atoms with E-state index in [1.165, 1.54) is 0 Å². The van der Waals surface area contributed by atoms with Crippen molar-refractivity contribution in [2.24, 2.45) is 5.10 Å². The van der Waals surface area contributed by atoms with Gasteiger partial charge in [0.1, 0.15) is 23.0 Å². The number of hydrogen-bond acceptors (Lipinski definition) is 7. The van der Waals surface area contributed by atoms with Gasteiger partial charge in [0.2, 0.25) is 6.23 Å². The molecule has 0 N–H and O–H groups in total. The number of hydrazone groups is 1. The summed E-state index contributed by atoms with van der Waals surface area (Å²) in [6, 6.07) is 15.4. The summed E-state index contributed by atoms with van der Waals surface area (Å²) in [5.41, 5.74) is 2.74. The molecule has 7 nitrogen and oxygen atoms in total. The largest absolute Gasteiger partial charge is 0.497 e. The van der Waals surface area contributed by atoms with Crippen molar-refractivity contribution < 1.29 is 23.4 Å². The number of fused-ring (bicyclic) bond motifs is 3. The summed E-state index contributed by atoms with van der Waals surface area (Å²) in [5.74, 6) is 3.63. The number of furan rings is 1. The maximum absolute atomic E-state index is 6.55. The Morgan fingerprint density at radius 2 is 1.94 bits per heavy atom. The molecule has 2 aliphatic heterocycles. The zero-order chi connectivity index (χ0) is 21.4. The van der Waals surface area contributed by atoms with E-state index in [0.717, 1.165) is 34.1 Å². The molecule has 2 atom stereocenters. The molecule has 0 radical (unpaired) electrons. The highest BCUT2D eigenvalue weighted by Crippen LogP contribution is 2.52. The van der Waals surface area contributed by atoms with Gasteiger partial charge in [0.15, 0.2) is 11.5 Å². The van der Waals surface area contributed by atoms with Gasteiger partial charge in [-0.1, -0.05) is 12.1 Å². The Bertz CT molecular complexity index is 1110. The topological polar surface area (TPSA) is 65.7 Å². The van der Waals surface area contributed by atoms with Crippen molar-refractivity contribution in [3.05, 3.63) is 71.7 Å². The third-order valence-corrected chi connectivity index (χ3v) is 5.59. The Morgan fingerprint density at radius 1 is 1.03 bits per heavy atom. The fraction of sp³-hybridized carbons (Fsp3) is 0.292. The van der Waals surface area contributed by atoms with Crippen LogP contribution in [0.3, 0.4) is 0 Å². The Labute approximate surface area is 180 Å². The predicted molar refractivity (Wildman–Crippen MR) is 115 cm³/mol. The van der Waals surface area contributed by atoms with Gasteiger partial charge in [-0.3, -0.25) is 0 Å². The molecule has 7 heteroatoms. The van der Waals surface area contributed by atoms with Gasteiger partial charge in [-0.05, 0) is 43.3 Å². The molecule has 0 aliphatic carbocycles. The van der Waals surface area contributed by atoms with E-state index in [2.05, 4.69) is 6.07 Å². The van der Waals surface area contributed by atoms with Crippen LogP contribution in [0.4, 0.5) is 0 Å². The maximum atomic E-state index is 6.55. The summed E-state index contributed by atoms with van der Waals surface area (Å²) in [5, 5.41) is 6.89. The molecule has 0 bridgehead atoms. The SMILES string of the molecule is CCOc1cccc2c1O[C@@H](c1cc(OC)ccc1OC)N1N=C(c3ccco3)C[C@H]21. The first-order chi connectivity index (χ1) is 15.2. The highest BCUT2D eigenvalue weighted by molar-refractivity contribution is 5.99. The molecule has 0 saturated carbocycles. The summed E-state index contributed by atoms with van der Waals surface area (Å²) >= 11 is 0. The lowest BCUT2D eigenvalue weighted by molar-refractivity contribution is -0.0226. The quantitative estimate of drug-likeness (QED) is 0.563. The number of hydrogen-bond donors (Lipinski definition) is 0. The van der Waals surface area contributed by atoms with Crippen LogP contribution in [0.25, 0.3) is 0 Å². The summed E-state index contributed by atoms with van der Waals surface area (Å²) in [6.07, 6.45) is 1.84. The van der Waals surface area contributed by atoms with Crippen LogP contribution in [0.2, 0.25) is 0 Å². The Hall–Kier alpha value is -3.61. The van der Waals surface area contributed by atoms with E-state index < -0.39 is 6.23 Å². The zero-order valence-electron chi connectivity index (χ0n) is 17.7. The number of rotatable bonds is 6. The molecule has 0 unspecified atom stereocenters. The van der Waals surface area contributed by atoms with Gasteiger partial charge in [-0.25, -0.2) is 5.01 Å². The second-order valence-corrected chi connectivity index (χ2v) is 7.31. The molecular weight excluding hydrogens is 396 g/mol. The summed E-state index contributed by atoms with van der Waals surface area (Å²) < 4.78 is 29.2. The first kappa shape index (κ1) is 19.4. The molecule has 2 aromatic carbocycles. The number of para-hydroxylation sites is 1. The second-order valence-electron chi connectivity index (χ2n) is 7.31. The molecule has 3 aromatic rings. The van der Waals surface area contributed by atoms with Gasteiger partial charge >= 0.3 is 0 Å². The van der Waals surface area contributed by atoms with Crippen LogP contribution in [0.5, 0.6) is 23.0 Å². The minimum Gasteiger partial charge on any atom is -0.497 e. The lowest BCUT2D eigenvalue weighted by Gasteiger charge is -2.39. The Morgan fingerprint density at radius 3 is 2.68 bits per heavy atom. The van der Waals surface area contributed by atoms with Gasteiger partial charge in [-0.2, -0.15) is 5.10 Å². The van der Waals surface area contributed by atoms with Crippen LogP contribution in [0, 0.1) is 0 Å². The molecule has 3 heterocycles. The molecular formula is C24H24N2O5. The van der Waals surface area contributed by atoms with E-state index in [9.17, 15) is 0 Å². The maximum Gasteiger partial charge on any atom is 0.217 e. The van der Waals surface area contributed by atoms with Gasteiger partial charge in [0.05, 0.1) is 38.7 Å². The Balaban J connectivity index is 1.66. The number of ether oxygens (including phenoxy) is 4.